The first-order valence-corrected chi connectivity index (χ1v) is 5.48. The van der Waals surface area contributed by atoms with Gasteiger partial charge in [0.05, 0.1) is 6.61 Å². The van der Waals surface area contributed by atoms with Crippen molar-refractivity contribution in [1.82, 2.24) is 0 Å². The van der Waals surface area contributed by atoms with E-state index < -0.39 is 0 Å². The summed E-state index contributed by atoms with van der Waals surface area (Å²) in [5.41, 5.74) is 2.58. The average Bonchev–Trinajstić information content (AvgIpc) is 2.17. The third-order valence-electron chi connectivity index (χ3n) is 2.49. The van der Waals surface area contributed by atoms with Gasteiger partial charge in [-0.2, -0.15) is 0 Å². The Morgan fingerprint density at radius 1 is 1.27 bits per heavy atom. The fraction of sp³-hybridized carbons (Fsp3) is 0.538. The maximum absolute atomic E-state index is 8.41. The molecule has 2 heteroatoms. The maximum Gasteiger partial charge on any atom is 0.0885 e. The molecule has 0 radical (unpaired) electrons. The van der Waals surface area contributed by atoms with Gasteiger partial charge in [-0.15, -0.1) is 0 Å². The van der Waals surface area contributed by atoms with Crippen molar-refractivity contribution in [2.24, 2.45) is 5.92 Å². The van der Waals surface area contributed by atoms with Crippen molar-refractivity contribution in [1.29, 1.82) is 0 Å². The number of hydrogen-bond acceptors (Lipinski definition) is 2. The van der Waals surface area contributed by atoms with Crippen molar-refractivity contribution < 1.29 is 10.1 Å². The van der Waals surface area contributed by atoms with E-state index in [1.165, 1.54) is 11.1 Å². The summed E-state index contributed by atoms with van der Waals surface area (Å²) in [4.78, 5) is 4.18. The van der Waals surface area contributed by atoms with E-state index in [0.29, 0.717) is 12.5 Å². The van der Waals surface area contributed by atoms with Gasteiger partial charge in [0.25, 0.3) is 0 Å². The summed E-state index contributed by atoms with van der Waals surface area (Å²) in [5.74, 6) is 0.909. The van der Waals surface area contributed by atoms with E-state index in [1.807, 2.05) is 6.92 Å². The van der Waals surface area contributed by atoms with Gasteiger partial charge >= 0.3 is 0 Å². The highest BCUT2D eigenvalue weighted by atomic mass is 17.1. The Morgan fingerprint density at radius 3 is 2.60 bits per heavy atom. The van der Waals surface area contributed by atoms with Crippen LogP contribution in [0.5, 0.6) is 0 Å². The molecule has 84 valence electrons. The molecule has 0 aliphatic heterocycles. The van der Waals surface area contributed by atoms with Gasteiger partial charge in [-0.1, -0.05) is 45.0 Å². The third kappa shape index (κ3) is 4.02. The van der Waals surface area contributed by atoms with Gasteiger partial charge in [-0.25, -0.2) is 4.89 Å². The Hall–Kier alpha value is -0.860. The molecule has 1 aromatic carbocycles. The Bertz CT molecular complexity index is 294. The molecule has 0 amide bonds. The van der Waals surface area contributed by atoms with Crippen molar-refractivity contribution >= 4 is 0 Å². The standard InChI is InChI=1S/C13H20O2/c1-10(2)7-12-5-4-6-13(8-12)11(3)9-15-14/h4-6,8,10-11,14H,7,9H2,1-3H3/t11-/m0/s1. The summed E-state index contributed by atoms with van der Waals surface area (Å²) in [7, 11) is 0. The molecule has 0 saturated carbocycles. The SMILES string of the molecule is CC(C)Cc1cccc([C@@H](C)COO)c1. The summed E-state index contributed by atoms with van der Waals surface area (Å²) in [6, 6.07) is 8.49. The maximum atomic E-state index is 8.41. The summed E-state index contributed by atoms with van der Waals surface area (Å²) in [5, 5.41) is 8.41. The molecule has 0 aromatic heterocycles. The van der Waals surface area contributed by atoms with E-state index in [0.717, 1.165) is 6.42 Å². The highest BCUT2D eigenvalue weighted by molar-refractivity contribution is 5.26. The molecular weight excluding hydrogens is 188 g/mol. The van der Waals surface area contributed by atoms with Crippen LogP contribution in [0.4, 0.5) is 0 Å². The van der Waals surface area contributed by atoms with Gasteiger partial charge in [0.2, 0.25) is 0 Å². The van der Waals surface area contributed by atoms with E-state index >= 15 is 0 Å². The molecule has 2 nitrogen and oxygen atoms in total. The second-order valence-corrected chi connectivity index (χ2v) is 4.54. The minimum absolute atomic E-state index is 0.238. The Balaban J connectivity index is 2.73. The van der Waals surface area contributed by atoms with Gasteiger partial charge in [0.15, 0.2) is 0 Å². The van der Waals surface area contributed by atoms with Crippen LogP contribution in [0, 0.1) is 5.92 Å². The molecule has 0 unspecified atom stereocenters. The lowest BCUT2D eigenvalue weighted by Gasteiger charge is -2.12. The van der Waals surface area contributed by atoms with Gasteiger partial charge in [-0.3, -0.25) is 5.26 Å². The van der Waals surface area contributed by atoms with Crippen LogP contribution in [0.1, 0.15) is 37.8 Å². The van der Waals surface area contributed by atoms with Crippen LogP contribution < -0.4 is 0 Å². The predicted molar refractivity (Wildman–Crippen MR) is 62.0 cm³/mol. The first-order valence-electron chi connectivity index (χ1n) is 5.48. The molecule has 0 spiro atoms. The largest absolute Gasteiger partial charge is 0.252 e. The smallest absolute Gasteiger partial charge is 0.0885 e. The summed E-state index contributed by atoms with van der Waals surface area (Å²) >= 11 is 0. The average molecular weight is 208 g/mol. The van der Waals surface area contributed by atoms with Crippen LogP contribution in [0.25, 0.3) is 0 Å². The Morgan fingerprint density at radius 2 is 2.00 bits per heavy atom. The van der Waals surface area contributed by atoms with Crippen LogP contribution in [-0.2, 0) is 11.3 Å². The minimum atomic E-state index is 0.238. The number of rotatable bonds is 5. The van der Waals surface area contributed by atoms with Crippen molar-refractivity contribution in [2.75, 3.05) is 6.61 Å². The zero-order valence-electron chi connectivity index (χ0n) is 9.73. The molecule has 15 heavy (non-hydrogen) atoms. The summed E-state index contributed by atoms with van der Waals surface area (Å²) < 4.78 is 0. The first kappa shape index (κ1) is 12.2. The highest BCUT2D eigenvalue weighted by Gasteiger charge is 2.06. The number of hydrogen-bond donors (Lipinski definition) is 1. The Labute approximate surface area is 91.8 Å². The normalized spacial score (nSPS) is 13.1. The molecule has 1 aromatic rings. The summed E-state index contributed by atoms with van der Waals surface area (Å²) in [6.07, 6.45) is 1.10. The number of benzene rings is 1. The van der Waals surface area contributed by atoms with Crippen LogP contribution in [0.15, 0.2) is 24.3 Å². The molecule has 0 saturated heterocycles. The van der Waals surface area contributed by atoms with Crippen LogP contribution >= 0.6 is 0 Å². The lowest BCUT2D eigenvalue weighted by Crippen LogP contribution is -2.03. The topological polar surface area (TPSA) is 29.5 Å². The quantitative estimate of drug-likeness (QED) is 0.593. The van der Waals surface area contributed by atoms with Gasteiger partial charge < -0.3 is 0 Å². The molecule has 0 bridgehead atoms. The monoisotopic (exact) mass is 208 g/mol. The fourth-order valence-electron chi connectivity index (χ4n) is 1.71. The lowest BCUT2D eigenvalue weighted by molar-refractivity contribution is -0.245. The molecular formula is C13H20O2. The van der Waals surface area contributed by atoms with Gasteiger partial charge in [0, 0.05) is 5.92 Å². The van der Waals surface area contributed by atoms with E-state index in [4.69, 9.17) is 5.26 Å². The van der Waals surface area contributed by atoms with E-state index in [9.17, 15) is 0 Å². The second kappa shape index (κ2) is 5.89. The van der Waals surface area contributed by atoms with E-state index in [-0.39, 0.29) is 5.92 Å². The molecule has 0 aliphatic rings. The zero-order valence-corrected chi connectivity index (χ0v) is 9.73. The van der Waals surface area contributed by atoms with Crippen molar-refractivity contribution in [2.45, 2.75) is 33.1 Å². The molecule has 0 heterocycles. The molecule has 1 atom stereocenters. The highest BCUT2D eigenvalue weighted by Crippen LogP contribution is 2.18. The third-order valence-corrected chi connectivity index (χ3v) is 2.49. The van der Waals surface area contributed by atoms with E-state index in [1.54, 1.807) is 0 Å². The fourth-order valence-corrected chi connectivity index (χ4v) is 1.71. The van der Waals surface area contributed by atoms with Gasteiger partial charge in [0.1, 0.15) is 0 Å². The van der Waals surface area contributed by atoms with Crippen molar-refractivity contribution in [3.8, 4) is 0 Å². The van der Waals surface area contributed by atoms with Crippen molar-refractivity contribution in [3.05, 3.63) is 35.4 Å². The predicted octanol–water partition coefficient (Wildman–Crippen LogP) is 3.48. The molecule has 0 aliphatic carbocycles. The minimum Gasteiger partial charge on any atom is -0.252 e. The first-order chi connectivity index (χ1) is 7.13. The lowest BCUT2D eigenvalue weighted by atomic mass is 9.96. The van der Waals surface area contributed by atoms with Crippen LogP contribution in [-0.4, -0.2) is 11.9 Å². The second-order valence-electron chi connectivity index (χ2n) is 4.54. The van der Waals surface area contributed by atoms with Gasteiger partial charge in [-0.05, 0) is 23.5 Å². The molecule has 0 fully saturated rings. The van der Waals surface area contributed by atoms with E-state index in [2.05, 4.69) is 43.0 Å². The molecule has 1 rings (SSSR count). The van der Waals surface area contributed by atoms with Crippen LogP contribution in [0.3, 0.4) is 0 Å². The summed E-state index contributed by atoms with van der Waals surface area (Å²) in [6.45, 7) is 6.83. The zero-order chi connectivity index (χ0) is 11.3. The molecule has 1 N–H and O–H groups in total. The Kier molecular flexibility index (Phi) is 4.79. The van der Waals surface area contributed by atoms with Crippen LogP contribution in [0.2, 0.25) is 0 Å². The van der Waals surface area contributed by atoms with Crippen molar-refractivity contribution in [3.63, 3.8) is 0 Å².